The van der Waals surface area contributed by atoms with Crippen LogP contribution in [0.5, 0.6) is 5.75 Å². The number of nitrogens with zero attached hydrogens (tertiary/aromatic N) is 3. The Labute approximate surface area is 99.9 Å². The van der Waals surface area contributed by atoms with Crippen molar-refractivity contribution in [1.82, 2.24) is 15.0 Å². The van der Waals surface area contributed by atoms with Gasteiger partial charge in [-0.2, -0.15) is 0 Å². The highest BCUT2D eigenvalue weighted by Gasteiger charge is 2.14. The summed E-state index contributed by atoms with van der Waals surface area (Å²) in [5.41, 5.74) is 2.79. The maximum atomic E-state index is 5.36. The maximum absolute atomic E-state index is 5.36. The van der Waals surface area contributed by atoms with Gasteiger partial charge < -0.3 is 10.1 Å². The van der Waals surface area contributed by atoms with Crippen LogP contribution in [0.15, 0.2) is 24.8 Å². The third kappa shape index (κ3) is 2.04. The van der Waals surface area contributed by atoms with Gasteiger partial charge in [0.2, 0.25) is 0 Å². The van der Waals surface area contributed by atoms with Crippen LogP contribution in [-0.4, -0.2) is 29.1 Å². The van der Waals surface area contributed by atoms with Gasteiger partial charge in [-0.25, -0.2) is 9.97 Å². The molecule has 0 saturated heterocycles. The van der Waals surface area contributed by atoms with E-state index in [0.29, 0.717) is 11.6 Å². The standard InChI is InChI=1S/C12H14N4O/c1-8-4-5-14-6-9(8)10-11(17-3)12(13-2)16-7-15-10/h4-7H,1-3H3,(H,13,15,16). The van der Waals surface area contributed by atoms with E-state index in [1.165, 1.54) is 6.33 Å². The van der Waals surface area contributed by atoms with E-state index in [2.05, 4.69) is 20.3 Å². The Morgan fingerprint density at radius 1 is 1.29 bits per heavy atom. The van der Waals surface area contributed by atoms with Crippen molar-refractivity contribution in [3.8, 4) is 17.0 Å². The van der Waals surface area contributed by atoms with Crippen molar-refractivity contribution >= 4 is 5.82 Å². The summed E-state index contributed by atoms with van der Waals surface area (Å²) in [5, 5.41) is 2.98. The molecule has 2 aromatic heterocycles. The average Bonchev–Trinajstić information content (AvgIpc) is 2.38. The molecule has 0 aromatic carbocycles. The van der Waals surface area contributed by atoms with Gasteiger partial charge in [-0.05, 0) is 18.6 Å². The van der Waals surface area contributed by atoms with E-state index in [1.54, 1.807) is 26.6 Å². The van der Waals surface area contributed by atoms with E-state index >= 15 is 0 Å². The monoisotopic (exact) mass is 230 g/mol. The maximum Gasteiger partial charge on any atom is 0.187 e. The van der Waals surface area contributed by atoms with Crippen molar-refractivity contribution < 1.29 is 4.74 Å². The number of hydrogen-bond acceptors (Lipinski definition) is 5. The normalized spacial score (nSPS) is 10.1. The molecular formula is C12H14N4O. The second-order valence-electron chi connectivity index (χ2n) is 3.54. The molecule has 0 aliphatic carbocycles. The first-order valence-electron chi connectivity index (χ1n) is 5.25. The molecule has 88 valence electrons. The first-order valence-corrected chi connectivity index (χ1v) is 5.25. The molecule has 1 N–H and O–H groups in total. The van der Waals surface area contributed by atoms with Gasteiger partial charge in [0.05, 0.1) is 7.11 Å². The lowest BCUT2D eigenvalue weighted by atomic mass is 10.1. The Morgan fingerprint density at radius 2 is 2.12 bits per heavy atom. The van der Waals surface area contributed by atoms with Gasteiger partial charge in [0.25, 0.3) is 0 Å². The molecule has 0 atom stereocenters. The number of hydrogen-bond donors (Lipinski definition) is 1. The molecule has 2 rings (SSSR count). The predicted octanol–water partition coefficient (Wildman–Crippen LogP) is 1.90. The van der Waals surface area contributed by atoms with Crippen LogP contribution in [0.2, 0.25) is 0 Å². The molecular weight excluding hydrogens is 216 g/mol. The van der Waals surface area contributed by atoms with E-state index in [0.717, 1.165) is 16.8 Å². The summed E-state index contributed by atoms with van der Waals surface area (Å²) in [4.78, 5) is 12.5. The number of rotatable bonds is 3. The lowest BCUT2D eigenvalue weighted by Gasteiger charge is -2.12. The minimum absolute atomic E-state index is 0.631. The summed E-state index contributed by atoms with van der Waals surface area (Å²) < 4.78 is 5.36. The minimum atomic E-state index is 0.631. The molecule has 0 fully saturated rings. The lowest BCUT2D eigenvalue weighted by molar-refractivity contribution is 0.415. The van der Waals surface area contributed by atoms with Crippen LogP contribution in [0.4, 0.5) is 5.82 Å². The van der Waals surface area contributed by atoms with Gasteiger partial charge in [-0.15, -0.1) is 0 Å². The van der Waals surface area contributed by atoms with E-state index in [-0.39, 0.29) is 0 Å². The van der Waals surface area contributed by atoms with Gasteiger partial charge in [-0.3, -0.25) is 4.98 Å². The largest absolute Gasteiger partial charge is 0.491 e. The zero-order chi connectivity index (χ0) is 12.3. The highest BCUT2D eigenvalue weighted by atomic mass is 16.5. The minimum Gasteiger partial charge on any atom is -0.491 e. The van der Waals surface area contributed by atoms with Crippen molar-refractivity contribution in [3.05, 3.63) is 30.4 Å². The Balaban J connectivity index is 2.63. The van der Waals surface area contributed by atoms with Crippen LogP contribution in [-0.2, 0) is 0 Å². The number of nitrogens with one attached hydrogen (secondary N) is 1. The second-order valence-corrected chi connectivity index (χ2v) is 3.54. The van der Waals surface area contributed by atoms with E-state index < -0.39 is 0 Å². The first-order chi connectivity index (χ1) is 8.27. The quantitative estimate of drug-likeness (QED) is 0.872. The van der Waals surface area contributed by atoms with Gasteiger partial charge in [0.1, 0.15) is 12.0 Å². The Kier molecular flexibility index (Phi) is 3.18. The number of anilines is 1. The number of pyridine rings is 1. The fourth-order valence-corrected chi connectivity index (χ4v) is 1.65. The Hall–Kier alpha value is -2.17. The summed E-state index contributed by atoms with van der Waals surface area (Å²) in [6.07, 6.45) is 5.04. The summed E-state index contributed by atoms with van der Waals surface area (Å²) in [5.74, 6) is 1.30. The molecule has 0 spiro atoms. The number of aryl methyl sites for hydroxylation is 1. The first kappa shape index (κ1) is 11.3. The second kappa shape index (κ2) is 4.78. The highest BCUT2D eigenvalue weighted by molar-refractivity contribution is 5.73. The number of methoxy groups -OCH3 is 1. The van der Waals surface area contributed by atoms with Crippen molar-refractivity contribution in [2.45, 2.75) is 6.92 Å². The van der Waals surface area contributed by atoms with Crippen molar-refractivity contribution in [3.63, 3.8) is 0 Å². The lowest BCUT2D eigenvalue weighted by Crippen LogP contribution is -2.01. The number of ether oxygens (including phenoxy) is 1. The third-order valence-electron chi connectivity index (χ3n) is 2.54. The van der Waals surface area contributed by atoms with Crippen molar-refractivity contribution in [1.29, 1.82) is 0 Å². The molecule has 5 nitrogen and oxygen atoms in total. The van der Waals surface area contributed by atoms with Crippen LogP contribution >= 0.6 is 0 Å². The van der Waals surface area contributed by atoms with Crippen LogP contribution in [0.1, 0.15) is 5.56 Å². The highest BCUT2D eigenvalue weighted by Crippen LogP contribution is 2.33. The molecule has 2 aromatic rings. The third-order valence-corrected chi connectivity index (χ3v) is 2.54. The molecule has 0 aliphatic heterocycles. The fraction of sp³-hybridized carbons (Fsp3) is 0.250. The van der Waals surface area contributed by atoms with E-state index in [4.69, 9.17) is 4.74 Å². The SMILES string of the molecule is CNc1ncnc(-c2cnccc2C)c1OC. The molecule has 0 radical (unpaired) electrons. The summed E-state index contributed by atoms with van der Waals surface area (Å²) >= 11 is 0. The van der Waals surface area contributed by atoms with Crippen LogP contribution in [0.3, 0.4) is 0 Å². The summed E-state index contributed by atoms with van der Waals surface area (Å²) in [7, 11) is 3.40. The van der Waals surface area contributed by atoms with Crippen LogP contribution in [0, 0.1) is 6.92 Å². The molecule has 17 heavy (non-hydrogen) atoms. The Morgan fingerprint density at radius 3 is 2.76 bits per heavy atom. The van der Waals surface area contributed by atoms with Crippen LogP contribution < -0.4 is 10.1 Å². The molecule has 2 heterocycles. The zero-order valence-corrected chi connectivity index (χ0v) is 10.1. The molecule has 0 unspecified atom stereocenters. The van der Waals surface area contributed by atoms with Crippen molar-refractivity contribution in [2.24, 2.45) is 0 Å². The van der Waals surface area contributed by atoms with Crippen molar-refractivity contribution in [2.75, 3.05) is 19.5 Å². The number of aromatic nitrogens is 3. The molecule has 0 aliphatic rings. The predicted molar refractivity (Wildman–Crippen MR) is 66.1 cm³/mol. The topological polar surface area (TPSA) is 59.9 Å². The smallest absolute Gasteiger partial charge is 0.187 e. The average molecular weight is 230 g/mol. The van der Waals surface area contributed by atoms with E-state index in [1.807, 2.05) is 13.0 Å². The van der Waals surface area contributed by atoms with Gasteiger partial charge >= 0.3 is 0 Å². The summed E-state index contributed by atoms with van der Waals surface area (Å²) in [6, 6.07) is 1.94. The summed E-state index contributed by atoms with van der Waals surface area (Å²) in [6.45, 7) is 2.01. The molecule has 0 saturated carbocycles. The van der Waals surface area contributed by atoms with Gasteiger partial charge in [0.15, 0.2) is 11.6 Å². The molecule has 0 bridgehead atoms. The zero-order valence-electron chi connectivity index (χ0n) is 10.1. The van der Waals surface area contributed by atoms with E-state index in [9.17, 15) is 0 Å². The van der Waals surface area contributed by atoms with Gasteiger partial charge in [0, 0.05) is 25.0 Å². The van der Waals surface area contributed by atoms with Gasteiger partial charge in [-0.1, -0.05) is 0 Å². The molecule has 5 heteroatoms. The fourth-order valence-electron chi connectivity index (χ4n) is 1.65. The Bertz CT molecular complexity index is 528. The van der Waals surface area contributed by atoms with Crippen LogP contribution in [0.25, 0.3) is 11.3 Å². The molecule has 0 amide bonds.